The van der Waals surface area contributed by atoms with Crippen LogP contribution in [0.1, 0.15) is 5.89 Å². The van der Waals surface area contributed by atoms with Crippen molar-refractivity contribution in [2.24, 2.45) is 7.05 Å². The van der Waals surface area contributed by atoms with E-state index in [2.05, 4.69) is 30.4 Å². The summed E-state index contributed by atoms with van der Waals surface area (Å²) in [6, 6.07) is 5.18. The smallest absolute Gasteiger partial charge is 0.406 e. The maximum atomic E-state index is 12.1. The highest BCUT2D eigenvalue weighted by atomic mass is 32.2. The summed E-state index contributed by atoms with van der Waals surface area (Å²) in [6.45, 7) is 0. The lowest BCUT2D eigenvalue weighted by Gasteiger charge is -2.08. The largest absolute Gasteiger partial charge is 0.573 e. The van der Waals surface area contributed by atoms with E-state index in [9.17, 15) is 13.2 Å². The van der Waals surface area contributed by atoms with Crippen molar-refractivity contribution in [3.05, 3.63) is 30.2 Å². The van der Waals surface area contributed by atoms with E-state index in [0.29, 0.717) is 22.4 Å². The van der Waals surface area contributed by atoms with Gasteiger partial charge in [-0.05, 0) is 34.7 Å². The maximum Gasteiger partial charge on any atom is 0.573 e. The fourth-order valence-corrected chi connectivity index (χ4v) is 2.39. The Balaban J connectivity index is 1.65. The number of benzene rings is 1. The molecule has 0 atom stereocenters. The fourth-order valence-electron chi connectivity index (χ4n) is 1.71. The topological polar surface area (TPSA) is 91.8 Å². The Morgan fingerprint density at radius 3 is 2.62 bits per heavy atom. The summed E-state index contributed by atoms with van der Waals surface area (Å²) >= 11 is 1.31. The van der Waals surface area contributed by atoms with Gasteiger partial charge in [-0.2, -0.15) is 4.98 Å². The highest BCUT2D eigenvalue weighted by molar-refractivity contribution is 7.98. The number of ether oxygens (including phenoxy) is 1. The maximum absolute atomic E-state index is 12.1. The first-order valence-electron chi connectivity index (χ1n) is 6.44. The summed E-state index contributed by atoms with van der Waals surface area (Å²) in [5.41, 5.74) is 0.504. The van der Waals surface area contributed by atoms with Crippen LogP contribution in [0.25, 0.3) is 11.4 Å². The average molecular weight is 358 g/mol. The molecule has 0 N–H and O–H groups in total. The number of tetrazole rings is 1. The van der Waals surface area contributed by atoms with E-state index in [1.165, 1.54) is 40.7 Å². The molecule has 3 aromatic rings. The number of halogens is 3. The molecule has 0 amide bonds. The number of aryl methyl sites for hydroxylation is 1. The summed E-state index contributed by atoms with van der Waals surface area (Å²) in [5.74, 6) is 0.644. The summed E-state index contributed by atoms with van der Waals surface area (Å²) in [4.78, 5) is 4.17. The van der Waals surface area contributed by atoms with Gasteiger partial charge in [-0.1, -0.05) is 16.9 Å². The van der Waals surface area contributed by atoms with Gasteiger partial charge in [0.05, 0.1) is 5.75 Å². The Labute approximate surface area is 137 Å². The molecule has 3 rings (SSSR count). The van der Waals surface area contributed by atoms with Crippen LogP contribution in [0.2, 0.25) is 0 Å². The molecule has 12 heteroatoms. The lowest BCUT2D eigenvalue weighted by molar-refractivity contribution is -0.274. The van der Waals surface area contributed by atoms with Gasteiger partial charge in [0.1, 0.15) is 5.75 Å². The summed E-state index contributed by atoms with van der Waals surface area (Å²) in [6.07, 6.45) is -4.73. The van der Waals surface area contributed by atoms with E-state index in [1.54, 1.807) is 7.05 Å². The third-order valence-corrected chi connectivity index (χ3v) is 3.72. The van der Waals surface area contributed by atoms with Crippen LogP contribution in [0, 0.1) is 0 Å². The van der Waals surface area contributed by atoms with Gasteiger partial charge in [-0.3, -0.25) is 0 Å². The first-order chi connectivity index (χ1) is 11.4. The van der Waals surface area contributed by atoms with Crippen molar-refractivity contribution >= 4 is 11.8 Å². The third kappa shape index (κ3) is 4.01. The minimum Gasteiger partial charge on any atom is -0.406 e. The second kappa shape index (κ2) is 6.47. The van der Waals surface area contributed by atoms with Crippen molar-refractivity contribution in [1.82, 2.24) is 30.3 Å². The molecule has 0 aliphatic heterocycles. The van der Waals surface area contributed by atoms with Crippen LogP contribution in [-0.2, 0) is 12.8 Å². The minimum absolute atomic E-state index is 0.264. The van der Waals surface area contributed by atoms with Crippen molar-refractivity contribution in [3.63, 3.8) is 0 Å². The molecule has 24 heavy (non-hydrogen) atoms. The van der Waals surface area contributed by atoms with Crippen molar-refractivity contribution < 1.29 is 22.4 Å². The Morgan fingerprint density at radius 1 is 1.25 bits per heavy atom. The SMILES string of the molecule is Cn1nnnc1SCc1nc(-c2ccc(OC(F)(F)F)cc2)no1. The molecule has 0 spiro atoms. The van der Waals surface area contributed by atoms with Crippen LogP contribution in [0.3, 0.4) is 0 Å². The minimum atomic E-state index is -4.73. The Bertz CT molecular complexity index is 817. The Morgan fingerprint density at radius 2 is 2.00 bits per heavy atom. The molecular formula is C12H9F3N6O2S. The molecular weight excluding hydrogens is 349 g/mol. The molecule has 0 aliphatic rings. The van der Waals surface area contributed by atoms with Crippen molar-refractivity contribution in [2.75, 3.05) is 0 Å². The normalized spacial score (nSPS) is 11.7. The molecule has 0 saturated heterocycles. The molecule has 0 radical (unpaired) electrons. The van der Waals surface area contributed by atoms with Gasteiger partial charge < -0.3 is 9.26 Å². The number of nitrogens with zero attached hydrogens (tertiary/aromatic N) is 6. The zero-order valence-electron chi connectivity index (χ0n) is 12.1. The second-order valence-corrected chi connectivity index (χ2v) is 5.40. The standard InChI is InChI=1S/C12H9F3N6O2S/c1-21-11(17-19-20-21)24-6-9-16-10(18-23-9)7-2-4-8(5-3-7)22-12(13,14)15/h2-5H,6H2,1H3. The van der Waals surface area contributed by atoms with Gasteiger partial charge in [0.15, 0.2) is 0 Å². The fraction of sp³-hybridized carbons (Fsp3) is 0.250. The zero-order chi connectivity index (χ0) is 17.2. The van der Waals surface area contributed by atoms with Crippen LogP contribution >= 0.6 is 11.8 Å². The number of rotatable bonds is 5. The van der Waals surface area contributed by atoms with E-state index < -0.39 is 6.36 Å². The number of aromatic nitrogens is 6. The first-order valence-corrected chi connectivity index (χ1v) is 7.43. The lowest BCUT2D eigenvalue weighted by atomic mass is 10.2. The third-order valence-electron chi connectivity index (χ3n) is 2.72. The summed E-state index contributed by atoms with van der Waals surface area (Å²) in [5, 5.41) is 15.4. The van der Waals surface area contributed by atoms with Gasteiger partial charge in [-0.15, -0.1) is 18.3 Å². The molecule has 1 aromatic carbocycles. The lowest BCUT2D eigenvalue weighted by Crippen LogP contribution is -2.16. The van der Waals surface area contributed by atoms with Gasteiger partial charge >= 0.3 is 6.36 Å². The van der Waals surface area contributed by atoms with Crippen LogP contribution in [0.5, 0.6) is 5.75 Å². The molecule has 0 saturated carbocycles. The molecule has 2 aromatic heterocycles. The van der Waals surface area contributed by atoms with Crippen molar-refractivity contribution in [2.45, 2.75) is 17.3 Å². The van der Waals surface area contributed by atoms with Crippen LogP contribution in [0.4, 0.5) is 13.2 Å². The van der Waals surface area contributed by atoms with E-state index in [1.807, 2.05) is 0 Å². The van der Waals surface area contributed by atoms with Crippen LogP contribution in [0.15, 0.2) is 33.9 Å². The van der Waals surface area contributed by atoms with E-state index in [-0.39, 0.29) is 11.6 Å². The zero-order valence-corrected chi connectivity index (χ0v) is 12.9. The highest BCUT2D eigenvalue weighted by Gasteiger charge is 2.31. The Hall–Kier alpha value is -2.63. The first kappa shape index (κ1) is 16.2. The second-order valence-electron chi connectivity index (χ2n) is 4.46. The van der Waals surface area contributed by atoms with Crippen LogP contribution in [-0.4, -0.2) is 36.7 Å². The van der Waals surface area contributed by atoms with Gasteiger partial charge in [0, 0.05) is 12.6 Å². The molecule has 126 valence electrons. The van der Waals surface area contributed by atoms with Crippen molar-refractivity contribution in [3.8, 4) is 17.1 Å². The molecule has 2 heterocycles. The van der Waals surface area contributed by atoms with Crippen molar-refractivity contribution in [1.29, 1.82) is 0 Å². The van der Waals surface area contributed by atoms with E-state index in [4.69, 9.17) is 4.52 Å². The van der Waals surface area contributed by atoms with E-state index in [0.717, 1.165) is 0 Å². The van der Waals surface area contributed by atoms with Gasteiger partial charge in [-0.25, -0.2) is 4.68 Å². The number of hydrogen-bond acceptors (Lipinski definition) is 8. The number of hydrogen-bond donors (Lipinski definition) is 0. The Kier molecular flexibility index (Phi) is 4.38. The predicted molar refractivity (Wildman–Crippen MR) is 74.8 cm³/mol. The molecule has 0 fully saturated rings. The van der Waals surface area contributed by atoms with Gasteiger partial charge in [0.2, 0.25) is 16.9 Å². The summed E-state index contributed by atoms with van der Waals surface area (Å²) < 4.78 is 46.8. The monoisotopic (exact) mass is 358 g/mol. The molecule has 8 nitrogen and oxygen atoms in total. The number of alkyl halides is 3. The quantitative estimate of drug-likeness (QED) is 0.642. The van der Waals surface area contributed by atoms with Gasteiger partial charge in [0.25, 0.3) is 0 Å². The number of thioether (sulfide) groups is 1. The molecule has 0 bridgehead atoms. The summed E-state index contributed by atoms with van der Waals surface area (Å²) in [7, 11) is 1.70. The highest BCUT2D eigenvalue weighted by Crippen LogP contribution is 2.26. The molecule has 0 aliphatic carbocycles. The van der Waals surface area contributed by atoms with E-state index >= 15 is 0 Å². The average Bonchev–Trinajstić information content (AvgIpc) is 3.13. The predicted octanol–water partition coefficient (Wildman–Crippen LogP) is 2.45. The molecule has 0 unspecified atom stereocenters. The van der Waals surface area contributed by atoms with Crippen LogP contribution < -0.4 is 4.74 Å².